The minimum Gasteiger partial charge on any atom is -0.493 e. The molecule has 1 saturated heterocycles. The highest BCUT2D eigenvalue weighted by molar-refractivity contribution is 7.11. The molecule has 1 aliphatic rings. The monoisotopic (exact) mass is 398 g/mol. The molecule has 0 radical (unpaired) electrons. The van der Waals surface area contributed by atoms with Crippen molar-refractivity contribution in [3.63, 3.8) is 0 Å². The van der Waals surface area contributed by atoms with Crippen LogP contribution in [0, 0.1) is 0 Å². The lowest BCUT2D eigenvalue weighted by atomic mass is 10.1. The Hall–Kier alpha value is -2.38. The minimum absolute atomic E-state index is 0.600. The summed E-state index contributed by atoms with van der Waals surface area (Å²) in [5.41, 5.74) is 3.99. The third-order valence-electron chi connectivity index (χ3n) is 5.35. The second kappa shape index (κ2) is 7.93. The number of piperazine rings is 1. The van der Waals surface area contributed by atoms with Gasteiger partial charge in [0.15, 0.2) is 11.5 Å². The number of rotatable bonds is 5. The van der Waals surface area contributed by atoms with Crippen LogP contribution in [0.5, 0.6) is 11.5 Å². The molecule has 0 aliphatic carbocycles. The molecule has 1 fully saturated rings. The zero-order chi connectivity index (χ0) is 19.7. The van der Waals surface area contributed by atoms with Gasteiger partial charge in [0.2, 0.25) is 0 Å². The van der Waals surface area contributed by atoms with Crippen LogP contribution in [0.25, 0.3) is 22.2 Å². The average Bonchev–Trinajstić information content (AvgIpc) is 3.16. The van der Waals surface area contributed by atoms with E-state index in [2.05, 4.69) is 34.1 Å². The standard InChI is InChI=1S/C21H26N4O2S/c1-14(2)24-7-9-25(10-8-24)21-20-17(23-28-21)11-16(13-22-20)15-5-6-18(26-3)19(12-15)27-4/h5-6,11-14H,7-10H2,1-4H3. The van der Waals surface area contributed by atoms with E-state index in [9.17, 15) is 0 Å². The Morgan fingerprint density at radius 2 is 1.71 bits per heavy atom. The summed E-state index contributed by atoms with van der Waals surface area (Å²) in [5.74, 6) is 1.43. The second-order valence-electron chi connectivity index (χ2n) is 7.27. The zero-order valence-corrected chi connectivity index (χ0v) is 17.6. The fraction of sp³-hybridized carbons (Fsp3) is 0.429. The van der Waals surface area contributed by atoms with E-state index in [-0.39, 0.29) is 0 Å². The highest BCUT2D eigenvalue weighted by Gasteiger charge is 2.22. The van der Waals surface area contributed by atoms with Gasteiger partial charge in [-0.05, 0) is 49.1 Å². The predicted molar refractivity (Wildman–Crippen MR) is 115 cm³/mol. The Morgan fingerprint density at radius 1 is 0.964 bits per heavy atom. The summed E-state index contributed by atoms with van der Waals surface area (Å²) in [6.07, 6.45) is 1.92. The first-order valence-corrected chi connectivity index (χ1v) is 10.3. The van der Waals surface area contributed by atoms with Crippen LogP contribution in [-0.4, -0.2) is 60.7 Å². The van der Waals surface area contributed by atoms with Crippen LogP contribution in [0.3, 0.4) is 0 Å². The van der Waals surface area contributed by atoms with Gasteiger partial charge in [0, 0.05) is 44.0 Å². The molecule has 1 aliphatic heterocycles. The van der Waals surface area contributed by atoms with Gasteiger partial charge in [0.05, 0.1) is 14.2 Å². The number of ether oxygens (including phenoxy) is 2. The third kappa shape index (κ3) is 3.52. The van der Waals surface area contributed by atoms with Gasteiger partial charge in [0.25, 0.3) is 0 Å². The maximum atomic E-state index is 5.43. The normalized spacial score (nSPS) is 15.4. The summed E-state index contributed by atoms with van der Waals surface area (Å²) in [7, 11) is 3.29. The number of hydrogen-bond acceptors (Lipinski definition) is 7. The first-order chi connectivity index (χ1) is 13.6. The van der Waals surface area contributed by atoms with Gasteiger partial charge in [-0.2, -0.15) is 4.37 Å². The van der Waals surface area contributed by atoms with E-state index in [1.165, 1.54) is 5.00 Å². The first-order valence-electron chi connectivity index (χ1n) is 9.57. The number of anilines is 1. The summed E-state index contributed by atoms with van der Waals surface area (Å²) in [6.45, 7) is 8.73. The van der Waals surface area contributed by atoms with Crippen molar-refractivity contribution in [2.24, 2.45) is 0 Å². The van der Waals surface area contributed by atoms with Crippen LogP contribution in [-0.2, 0) is 0 Å². The van der Waals surface area contributed by atoms with Crippen molar-refractivity contribution in [2.45, 2.75) is 19.9 Å². The molecular weight excluding hydrogens is 372 g/mol. The summed E-state index contributed by atoms with van der Waals surface area (Å²) < 4.78 is 15.4. The van der Waals surface area contributed by atoms with E-state index in [1.54, 1.807) is 25.8 Å². The van der Waals surface area contributed by atoms with Crippen molar-refractivity contribution in [3.05, 3.63) is 30.5 Å². The van der Waals surface area contributed by atoms with Crippen LogP contribution in [0.2, 0.25) is 0 Å². The average molecular weight is 399 g/mol. The maximum Gasteiger partial charge on any atom is 0.161 e. The van der Waals surface area contributed by atoms with Gasteiger partial charge in [-0.25, -0.2) is 0 Å². The molecule has 0 saturated carbocycles. The van der Waals surface area contributed by atoms with Gasteiger partial charge >= 0.3 is 0 Å². The topological polar surface area (TPSA) is 50.7 Å². The molecule has 0 unspecified atom stereocenters. The van der Waals surface area contributed by atoms with Crippen LogP contribution in [0.1, 0.15) is 13.8 Å². The summed E-state index contributed by atoms with van der Waals surface area (Å²) in [6, 6.07) is 8.61. The molecule has 0 atom stereocenters. The molecule has 7 heteroatoms. The highest BCUT2D eigenvalue weighted by Crippen LogP contribution is 2.35. The quantitative estimate of drug-likeness (QED) is 0.650. The summed E-state index contributed by atoms with van der Waals surface area (Å²) in [4.78, 5) is 9.70. The van der Waals surface area contributed by atoms with Crippen molar-refractivity contribution >= 4 is 27.6 Å². The predicted octanol–water partition coefficient (Wildman–Crippen LogP) is 3.91. The molecular formula is C21H26N4O2S. The molecule has 3 aromatic rings. The zero-order valence-electron chi connectivity index (χ0n) is 16.8. The van der Waals surface area contributed by atoms with Gasteiger partial charge in [-0.3, -0.25) is 9.88 Å². The van der Waals surface area contributed by atoms with Crippen LogP contribution < -0.4 is 14.4 Å². The van der Waals surface area contributed by atoms with Crippen molar-refractivity contribution in [1.82, 2.24) is 14.3 Å². The smallest absolute Gasteiger partial charge is 0.161 e. The van der Waals surface area contributed by atoms with Crippen LogP contribution >= 0.6 is 11.5 Å². The molecule has 3 heterocycles. The van der Waals surface area contributed by atoms with Crippen molar-refractivity contribution in [1.29, 1.82) is 0 Å². The molecule has 0 amide bonds. The van der Waals surface area contributed by atoms with Crippen molar-refractivity contribution < 1.29 is 9.47 Å². The molecule has 0 spiro atoms. The van der Waals surface area contributed by atoms with Crippen molar-refractivity contribution in [3.8, 4) is 22.6 Å². The maximum absolute atomic E-state index is 5.43. The van der Waals surface area contributed by atoms with Gasteiger partial charge in [-0.1, -0.05) is 6.07 Å². The Balaban J connectivity index is 1.60. The van der Waals surface area contributed by atoms with E-state index < -0.39 is 0 Å². The minimum atomic E-state index is 0.600. The number of hydrogen-bond donors (Lipinski definition) is 0. The fourth-order valence-electron chi connectivity index (χ4n) is 3.65. The lowest BCUT2D eigenvalue weighted by molar-refractivity contribution is 0.210. The van der Waals surface area contributed by atoms with Crippen LogP contribution in [0.4, 0.5) is 5.00 Å². The van der Waals surface area contributed by atoms with Crippen LogP contribution in [0.15, 0.2) is 30.5 Å². The Kier molecular flexibility index (Phi) is 5.37. The Bertz CT molecular complexity index is 964. The van der Waals surface area contributed by atoms with Crippen molar-refractivity contribution in [2.75, 3.05) is 45.3 Å². The number of fused-ring (bicyclic) bond motifs is 1. The van der Waals surface area contributed by atoms with E-state index in [0.717, 1.165) is 54.1 Å². The molecule has 0 N–H and O–H groups in total. The third-order valence-corrected chi connectivity index (χ3v) is 6.26. The number of aromatic nitrogens is 2. The lowest BCUT2D eigenvalue weighted by Gasteiger charge is -2.37. The molecule has 6 nitrogen and oxygen atoms in total. The number of nitrogens with zero attached hydrogens (tertiary/aromatic N) is 4. The summed E-state index contributed by atoms with van der Waals surface area (Å²) in [5, 5.41) is 1.18. The lowest BCUT2D eigenvalue weighted by Crippen LogP contribution is -2.48. The SMILES string of the molecule is COc1ccc(-c2cnc3c(N4CCN(C(C)C)CC4)snc3c2)cc1OC. The molecule has 1 aromatic carbocycles. The number of methoxy groups -OCH3 is 2. The van der Waals surface area contributed by atoms with E-state index in [1.807, 2.05) is 24.4 Å². The largest absolute Gasteiger partial charge is 0.493 e. The van der Waals surface area contributed by atoms with E-state index in [4.69, 9.17) is 14.5 Å². The molecule has 2 aromatic heterocycles. The molecule has 4 rings (SSSR count). The van der Waals surface area contributed by atoms with E-state index >= 15 is 0 Å². The van der Waals surface area contributed by atoms with Gasteiger partial charge in [0.1, 0.15) is 16.0 Å². The number of pyridine rings is 1. The molecule has 148 valence electrons. The van der Waals surface area contributed by atoms with Gasteiger partial charge in [-0.15, -0.1) is 0 Å². The second-order valence-corrected chi connectivity index (χ2v) is 8.02. The number of benzene rings is 1. The Labute approximate surface area is 169 Å². The van der Waals surface area contributed by atoms with Gasteiger partial charge < -0.3 is 14.4 Å². The molecule has 28 heavy (non-hydrogen) atoms. The summed E-state index contributed by atoms with van der Waals surface area (Å²) >= 11 is 1.55. The van der Waals surface area contributed by atoms with E-state index in [0.29, 0.717) is 11.8 Å². The fourth-order valence-corrected chi connectivity index (χ4v) is 4.51. The molecule has 0 bridgehead atoms. The Morgan fingerprint density at radius 3 is 2.39 bits per heavy atom. The first kappa shape index (κ1) is 19.0. The highest BCUT2D eigenvalue weighted by atomic mass is 32.1.